The van der Waals surface area contributed by atoms with Crippen molar-refractivity contribution in [3.8, 4) is 17.2 Å². The van der Waals surface area contributed by atoms with Gasteiger partial charge in [-0.3, -0.25) is 0 Å². The number of hydrogen-bond acceptors (Lipinski definition) is 3. The van der Waals surface area contributed by atoms with Crippen LogP contribution in [0.4, 0.5) is 0 Å². The van der Waals surface area contributed by atoms with Crippen LogP contribution in [0.1, 0.15) is 0 Å². The Bertz CT molecular complexity index is 521. The van der Waals surface area contributed by atoms with Crippen molar-refractivity contribution in [3.63, 3.8) is 0 Å². The van der Waals surface area contributed by atoms with Gasteiger partial charge in [0.2, 0.25) is 0 Å². The average Bonchev–Trinajstić information content (AvgIpc) is 2.48. The summed E-state index contributed by atoms with van der Waals surface area (Å²) in [4.78, 5) is 0. The van der Waals surface area contributed by atoms with Crippen LogP contribution >= 0.6 is 0 Å². The second-order valence-electron chi connectivity index (χ2n) is 3.73. The van der Waals surface area contributed by atoms with Crippen molar-refractivity contribution < 1.29 is 40.1 Å². The monoisotopic (exact) mass is 390 g/mol. The third kappa shape index (κ3) is 3.75. The number of methoxy groups -OCH3 is 3. The lowest BCUT2D eigenvalue weighted by Crippen LogP contribution is -3.61. The van der Waals surface area contributed by atoms with Gasteiger partial charge in [-0.25, -0.2) is 0 Å². The molecule has 0 bridgehead atoms. The maximum atomic E-state index is 5.43. The van der Waals surface area contributed by atoms with Crippen LogP contribution in [0.2, 0.25) is 0 Å². The minimum absolute atomic E-state index is 0. The lowest BCUT2D eigenvalue weighted by Gasteiger charge is -2.04. The third-order valence-corrected chi connectivity index (χ3v) is 5.57. The zero-order chi connectivity index (χ0) is 13.7. The second kappa shape index (κ2) is 7.94. The summed E-state index contributed by atoms with van der Waals surface area (Å²) < 4.78 is 18.5. The molecule has 0 fully saturated rings. The fraction of sp³-hybridized carbons (Fsp3) is 0.200. The van der Waals surface area contributed by atoms with E-state index in [1.165, 1.54) is 3.57 Å². The van der Waals surface area contributed by atoms with Gasteiger partial charge in [-0.05, 0) is 36.4 Å². The number of hydrogen-bond donors (Lipinski definition) is 0. The highest BCUT2D eigenvalue weighted by molar-refractivity contribution is 5.32. The molecule has 5 heteroatoms. The van der Waals surface area contributed by atoms with E-state index in [2.05, 4.69) is 12.1 Å². The fourth-order valence-electron chi connectivity index (χ4n) is 1.64. The van der Waals surface area contributed by atoms with Crippen molar-refractivity contribution >= 4 is 0 Å². The summed E-state index contributed by atoms with van der Waals surface area (Å²) in [6.45, 7) is 0. The molecule has 0 aliphatic rings. The van der Waals surface area contributed by atoms with E-state index in [4.69, 9.17) is 14.2 Å². The molecule has 0 aliphatic carbocycles. The van der Waals surface area contributed by atoms with E-state index in [0.717, 1.165) is 20.8 Å². The molecule has 3 nitrogen and oxygen atoms in total. The smallest absolute Gasteiger partial charge is 0.366 e. The number of benzene rings is 2. The standard InChI is InChI=1S/C15H16IO3.FH/c1-17-12-9-7-11(8-10-12)16-15-13(18-2)5-4-6-14(15)19-3;/h4-10H,1-3H3;1H/q+1;/p-1. The fourth-order valence-corrected chi connectivity index (χ4v) is 4.32. The van der Waals surface area contributed by atoms with E-state index in [9.17, 15) is 0 Å². The Morgan fingerprint density at radius 3 is 1.75 bits per heavy atom. The van der Waals surface area contributed by atoms with E-state index >= 15 is 0 Å². The van der Waals surface area contributed by atoms with Gasteiger partial charge in [0.05, 0.1) is 21.3 Å². The predicted molar refractivity (Wildman–Crippen MR) is 69.9 cm³/mol. The first kappa shape index (κ1) is 16.6. The van der Waals surface area contributed by atoms with Crippen molar-refractivity contribution in [2.75, 3.05) is 21.3 Å². The Morgan fingerprint density at radius 1 is 0.750 bits per heavy atom. The first-order valence-electron chi connectivity index (χ1n) is 5.78. The van der Waals surface area contributed by atoms with Gasteiger partial charge in [0.1, 0.15) is 5.75 Å². The van der Waals surface area contributed by atoms with Crippen molar-refractivity contribution in [1.29, 1.82) is 0 Å². The molecule has 0 saturated heterocycles. The van der Waals surface area contributed by atoms with Crippen LogP contribution in [0.5, 0.6) is 17.2 Å². The zero-order valence-corrected chi connectivity index (χ0v) is 13.7. The summed E-state index contributed by atoms with van der Waals surface area (Å²) >= 11 is -0.351. The van der Waals surface area contributed by atoms with Gasteiger partial charge in [-0.15, -0.1) is 0 Å². The van der Waals surface area contributed by atoms with Crippen LogP contribution < -0.4 is 40.1 Å². The van der Waals surface area contributed by atoms with E-state index in [1.807, 2.05) is 30.3 Å². The Kier molecular flexibility index (Phi) is 6.57. The van der Waals surface area contributed by atoms with Crippen LogP contribution in [0, 0.1) is 7.14 Å². The number of rotatable bonds is 5. The van der Waals surface area contributed by atoms with Gasteiger partial charge in [0.15, 0.2) is 15.1 Å². The zero-order valence-electron chi connectivity index (χ0n) is 11.5. The molecule has 0 atom stereocenters. The molecule has 2 aromatic carbocycles. The quantitative estimate of drug-likeness (QED) is 0.505. The normalized spacial score (nSPS) is 9.55. The van der Waals surface area contributed by atoms with E-state index in [1.54, 1.807) is 21.3 Å². The molecule has 20 heavy (non-hydrogen) atoms. The highest BCUT2D eigenvalue weighted by Crippen LogP contribution is 2.19. The van der Waals surface area contributed by atoms with Gasteiger partial charge in [-0.1, -0.05) is 6.07 Å². The summed E-state index contributed by atoms with van der Waals surface area (Å²) in [5, 5.41) is 0. The number of ether oxygens (including phenoxy) is 3. The second-order valence-corrected chi connectivity index (χ2v) is 6.59. The lowest BCUT2D eigenvalue weighted by molar-refractivity contribution is -0.598. The van der Waals surface area contributed by atoms with Gasteiger partial charge in [-0.2, -0.15) is 0 Å². The van der Waals surface area contributed by atoms with Crippen molar-refractivity contribution in [2.24, 2.45) is 0 Å². The van der Waals surface area contributed by atoms with E-state index in [-0.39, 0.29) is 25.9 Å². The lowest BCUT2D eigenvalue weighted by atomic mass is 10.3. The molecule has 0 N–H and O–H groups in total. The van der Waals surface area contributed by atoms with Crippen molar-refractivity contribution in [3.05, 3.63) is 49.6 Å². The third-order valence-electron chi connectivity index (χ3n) is 2.62. The Balaban J connectivity index is 0.00000200. The van der Waals surface area contributed by atoms with Crippen LogP contribution in [0.25, 0.3) is 0 Å². The van der Waals surface area contributed by atoms with Gasteiger partial charge < -0.3 is 18.9 Å². The topological polar surface area (TPSA) is 27.7 Å². The maximum Gasteiger partial charge on any atom is 0.366 e. The summed E-state index contributed by atoms with van der Waals surface area (Å²) in [6, 6.07) is 14.0. The summed E-state index contributed by atoms with van der Waals surface area (Å²) in [7, 11) is 5.05. The molecule has 0 spiro atoms. The predicted octanol–water partition coefficient (Wildman–Crippen LogP) is -3.16. The first-order valence-corrected chi connectivity index (χ1v) is 7.94. The van der Waals surface area contributed by atoms with Crippen LogP contribution in [0.3, 0.4) is 0 Å². The van der Waals surface area contributed by atoms with Crippen molar-refractivity contribution in [2.45, 2.75) is 0 Å². The molecule has 0 heterocycles. The van der Waals surface area contributed by atoms with Gasteiger partial charge in [0, 0.05) is 0 Å². The molecule has 0 saturated carbocycles. The van der Waals surface area contributed by atoms with Crippen molar-refractivity contribution in [1.82, 2.24) is 0 Å². The minimum Gasteiger partial charge on any atom is -1.00 e. The SMILES string of the molecule is COc1ccc([I+]c2c(OC)cccc2OC)cc1.[F-]. The average molecular weight is 390 g/mol. The Morgan fingerprint density at radius 2 is 1.30 bits per heavy atom. The van der Waals surface area contributed by atoms with Crippen LogP contribution in [0.15, 0.2) is 42.5 Å². The molecule has 0 unspecified atom stereocenters. The summed E-state index contributed by atoms with van der Waals surface area (Å²) in [5.74, 6) is 2.66. The largest absolute Gasteiger partial charge is 1.00 e. The van der Waals surface area contributed by atoms with E-state index < -0.39 is 0 Å². The van der Waals surface area contributed by atoms with Gasteiger partial charge in [0.25, 0.3) is 3.57 Å². The Hall–Kier alpha value is -1.50. The summed E-state index contributed by atoms with van der Waals surface area (Å²) in [5.41, 5.74) is 0. The first-order chi connectivity index (χ1) is 9.28. The van der Waals surface area contributed by atoms with Gasteiger partial charge >= 0.3 is 21.2 Å². The molecule has 2 aromatic rings. The Labute approximate surface area is 128 Å². The molecule has 108 valence electrons. The summed E-state index contributed by atoms with van der Waals surface area (Å²) in [6.07, 6.45) is 0. The minimum atomic E-state index is -0.351. The molecule has 0 radical (unpaired) electrons. The molecule has 0 amide bonds. The molecular weight excluding hydrogens is 374 g/mol. The highest BCUT2D eigenvalue weighted by atomic mass is 127. The van der Waals surface area contributed by atoms with E-state index in [0.29, 0.717) is 0 Å². The highest BCUT2D eigenvalue weighted by Gasteiger charge is 2.26. The molecular formula is C15H16FIO3. The van der Waals surface area contributed by atoms with Crippen LogP contribution in [-0.4, -0.2) is 21.3 Å². The molecule has 0 aliphatic heterocycles. The van der Waals surface area contributed by atoms with Crippen LogP contribution in [-0.2, 0) is 0 Å². The molecule has 2 rings (SSSR count). The number of halogens is 2. The maximum absolute atomic E-state index is 5.43. The molecule has 0 aromatic heterocycles.